The molecule has 4 heterocycles. The summed E-state index contributed by atoms with van der Waals surface area (Å²) >= 11 is 0. The second-order valence-electron chi connectivity index (χ2n) is 21.8. The van der Waals surface area contributed by atoms with E-state index in [2.05, 4.69) is 52.1 Å². The van der Waals surface area contributed by atoms with Gasteiger partial charge in [-0.25, -0.2) is 14.6 Å². The Morgan fingerprint density at radius 2 is 1.44 bits per heavy atom. The lowest BCUT2D eigenvalue weighted by Crippen LogP contribution is -2.54. The van der Waals surface area contributed by atoms with Crippen LogP contribution in [0.3, 0.4) is 0 Å². The van der Waals surface area contributed by atoms with Gasteiger partial charge in [0.2, 0.25) is 23.6 Å². The van der Waals surface area contributed by atoms with Gasteiger partial charge < -0.3 is 58.3 Å². The number of nitrogens with one attached hydrogen (secondary N) is 7. The molecule has 11 amide bonds. The Hall–Kier alpha value is -9.78. The number of nitrogens with two attached hydrogens (primary N) is 2. The highest BCUT2D eigenvalue weighted by Gasteiger charge is 2.30. The van der Waals surface area contributed by atoms with Crippen molar-refractivity contribution in [2.45, 2.75) is 111 Å². The number of urea groups is 1. The van der Waals surface area contributed by atoms with Crippen LogP contribution in [0.1, 0.15) is 121 Å². The molecule has 3 aliphatic rings. The highest BCUT2D eigenvalue weighted by Crippen LogP contribution is 2.30. The van der Waals surface area contributed by atoms with Crippen LogP contribution < -0.4 is 48.7 Å². The Bertz CT molecular complexity index is 3300. The summed E-state index contributed by atoms with van der Waals surface area (Å²) in [4.78, 5) is 141. The van der Waals surface area contributed by atoms with E-state index in [-0.39, 0.29) is 106 Å². The lowest BCUT2D eigenvalue weighted by molar-refractivity contribution is -0.137. The first-order chi connectivity index (χ1) is 42.3. The molecule has 25 heteroatoms. The number of rotatable bonds is 29. The van der Waals surface area contributed by atoms with Gasteiger partial charge in [-0.15, -0.1) is 0 Å². The van der Waals surface area contributed by atoms with Gasteiger partial charge in [-0.1, -0.05) is 50.6 Å². The number of anilines is 2. The minimum absolute atomic E-state index is 0.0941. The maximum absolute atomic E-state index is 13.6. The van der Waals surface area contributed by atoms with Crippen molar-refractivity contribution < 1.29 is 52.7 Å². The van der Waals surface area contributed by atoms with Crippen molar-refractivity contribution >= 4 is 88.4 Å². The monoisotopic (exact) mass is 1210 g/mol. The number of likely N-dealkylation sites (N-methyl/N-ethyl adjacent to an activating group) is 1. The largest absolute Gasteiger partial charge is 0.445 e. The van der Waals surface area contributed by atoms with Crippen molar-refractivity contribution in [3.05, 3.63) is 136 Å². The molecule has 25 nitrogen and oxygen atoms in total. The predicted octanol–water partition coefficient (Wildman–Crippen LogP) is 4.69. The number of aliphatic imine (C=N–C) groups is 1. The van der Waals surface area contributed by atoms with Gasteiger partial charge in [0.1, 0.15) is 24.5 Å². The van der Waals surface area contributed by atoms with E-state index in [0.29, 0.717) is 90.3 Å². The molecular weight excluding hydrogens is 1130 g/mol. The number of ether oxygens (including phenoxy) is 1. The summed E-state index contributed by atoms with van der Waals surface area (Å²) in [6.45, 7) is 11.0. The van der Waals surface area contributed by atoms with E-state index in [0.717, 1.165) is 34.7 Å². The fourth-order valence-corrected chi connectivity index (χ4v) is 10.1. The number of imide groups is 1. The smallest absolute Gasteiger partial charge is 0.407 e. The van der Waals surface area contributed by atoms with Gasteiger partial charge in [-0.3, -0.25) is 53.1 Å². The molecule has 0 bridgehead atoms. The number of aromatic nitrogens is 1. The molecule has 0 saturated heterocycles. The molecule has 1 aromatic heterocycles. The number of carbonyl (C=O) groups is 10. The zero-order valence-electron chi connectivity index (χ0n) is 50.1. The van der Waals surface area contributed by atoms with Crippen LogP contribution >= 0.6 is 0 Å². The molecule has 4 aromatic rings. The molecule has 11 N–H and O–H groups in total. The first kappa shape index (κ1) is 65.8. The molecule has 466 valence electrons. The third-order valence-corrected chi connectivity index (χ3v) is 14.9. The number of amides is 11. The quantitative estimate of drug-likeness (QED) is 0.0263. The molecule has 3 aliphatic heterocycles. The molecular formula is C63H78N14O11. The summed E-state index contributed by atoms with van der Waals surface area (Å²) < 4.78 is 5.36. The number of alkyl carbamates (subject to hydrolysis) is 1. The summed E-state index contributed by atoms with van der Waals surface area (Å²) in [7, 11) is 0. The van der Waals surface area contributed by atoms with E-state index >= 15 is 0 Å². The lowest BCUT2D eigenvalue weighted by Gasteiger charge is -2.28. The molecule has 2 atom stereocenters. The summed E-state index contributed by atoms with van der Waals surface area (Å²) in [5.41, 5.74) is 18.5. The van der Waals surface area contributed by atoms with E-state index in [9.17, 15) is 47.9 Å². The van der Waals surface area contributed by atoms with Crippen LogP contribution in [0.4, 0.5) is 26.7 Å². The number of hydrogen-bond donors (Lipinski definition) is 9. The molecule has 7 rings (SSSR count). The van der Waals surface area contributed by atoms with Crippen molar-refractivity contribution in [2.75, 3.05) is 56.4 Å². The van der Waals surface area contributed by atoms with E-state index in [4.69, 9.17) is 16.2 Å². The number of fused-ring (bicyclic) bond motifs is 2. The van der Waals surface area contributed by atoms with E-state index in [1.54, 1.807) is 85.6 Å². The first-order valence-corrected chi connectivity index (χ1v) is 29.6. The van der Waals surface area contributed by atoms with Crippen LogP contribution in [0.15, 0.2) is 102 Å². The second kappa shape index (κ2) is 32.1. The number of nitrogens with zero attached hydrogens (tertiary/aromatic N) is 5. The van der Waals surface area contributed by atoms with Gasteiger partial charge in [0.05, 0.1) is 17.6 Å². The van der Waals surface area contributed by atoms with E-state index in [1.807, 2.05) is 32.0 Å². The average Bonchev–Trinajstić information content (AvgIpc) is 3.51. The van der Waals surface area contributed by atoms with Gasteiger partial charge in [0, 0.05) is 124 Å². The number of carbonyl (C=O) groups excluding carboxylic acids is 10. The Labute approximate surface area is 510 Å². The molecule has 3 aromatic carbocycles. The van der Waals surface area contributed by atoms with Gasteiger partial charge >= 0.3 is 12.1 Å². The zero-order valence-corrected chi connectivity index (χ0v) is 50.1. The third-order valence-electron chi connectivity index (χ3n) is 14.9. The van der Waals surface area contributed by atoms with Crippen molar-refractivity contribution in [1.29, 1.82) is 0 Å². The fraction of sp³-hybridized carbons (Fsp3) is 0.397. The minimum atomic E-state index is -1.07. The van der Waals surface area contributed by atoms with Crippen LogP contribution in [0, 0.1) is 5.92 Å². The summed E-state index contributed by atoms with van der Waals surface area (Å²) in [5, 5.41) is 19.1. The highest BCUT2D eigenvalue weighted by molar-refractivity contribution is 6.13. The second-order valence-corrected chi connectivity index (χ2v) is 21.8. The van der Waals surface area contributed by atoms with Gasteiger partial charge in [0.15, 0.2) is 0 Å². The first-order valence-electron chi connectivity index (χ1n) is 29.6. The molecule has 0 fully saturated rings. The number of primary amides is 1. The van der Waals surface area contributed by atoms with Crippen LogP contribution in [0.5, 0.6) is 0 Å². The van der Waals surface area contributed by atoms with Crippen molar-refractivity contribution in [3.63, 3.8) is 0 Å². The SMILES string of the molecule is CCN(CC)C(=O)C1=Cc2ccc(C(=O)Nc3cnc4c(c3)CN(Cc3ccc(C(=O)NCCNC(=O)OCc5ccc(NC(=O)[C@H](CCCNC(N)=O)NC(=O)[C@@H](NC(=O)CCCCCN6C(=O)C=CC6=O)C(C)C)cc5)cc3)CC4)cc2N=C(N)C1. The normalized spacial score (nSPS) is 14.2. The molecule has 0 spiro atoms. The lowest BCUT2D eigenvalue weighted by atomic mass is 10.0. The third kappa shape index (κ3) is 19.4. The number of benzene rings is 3. The van der Waals surface area contributed by atoms with Crippen molar-refractivity contribution in [2.24, 2.45) is 22.4 Å². The average molecular weight is 1210 g/mol. The molecule has 0 unspecified atom stereocenters. The zero-order chi connectivity index (χ0) is 63.3. The minimum Gasteiger partial charge on any atom is -0.445 e. The topological polar surface area (TPSA) is 351 Å². The summed E-state index contributed by atoms with van der Waals surface area (Å²) in [6, 6.07) is 18.1. The Kier molecular flexibility index (Phi) is 24.0. The van der Waals surface area contributed by atoms with Crippen molar-refractivity contribution in [3.8, 4) is 0 Å². The maximum Gasteiger partial charge on any atom is 0.407 e. The van der Waals surface area contributed by atoms with E-state index < -0.39 is 36.0 Å². The summed E-state index contributed by atoms with van der Waals surface area (Å²) in [6.07, 6.45) is 8.17. The van der Waals surface area contributed by atoms with Crippen LogP contribution in [0.2, 0.25) is 0 Å². The van der Waals surface area contributed by atoms with Gasteiger partial charge in [-0.05, 0) is 111 Å². The van der Waals surface area contributed by atoms with Crippen LogP contribution in [0.25, 0.3) is 6.08 Å². The fourth-order valence-electron chi connectivity index (χ4n) is 10.1. The van der Waals surface area contributed by atoms with E-state index in [1.165, 1.54) is 12.2 Å². The number of amidine groups is 1. The summed E-state index contributed by atoms with van der Waals surface area (Å²) in [5.74, 6) is -3.04. The molecule has 0 radical (unpaired) electrons. The number of hydrogen-bond acceptors (Lipinski definition) is 15. The van der Waals surface area contributed by atoms with Crippen molar-refractivity contribution in [1.82, 2.24) is 46.3 Å². The highest BCUT2D eigenvalue weighted by atomic mass is 16.5. The van der Waals surface area contributed by atoms with Gasteiger partial charge in [-0.2, -0.15) is 0 Å². The van der Waals surface area contributed by atoms with Gasteiger partial charge in [0.25, 0.3) is 23.6 Å². The van der Waals surface area contributed by atoms with Crippen LogP contribution in [-0.2, 0) is 59.6 Å². The Balaban J connectivity index is 0.803. The number of pyridine rings is 1. The Morgan fingerprint density at radius 1 is 0.739 bits per heavy atom. The maximum atomic E-state index is 13.6. The molecule has 88 heavy (non-hydrogen) atoms. The molecule has 0 saturated carbocycles. The standard InChI is InChI=1S/C63H78N14O11/c1-5-76(6-2)61(85)45-31-43-19-20-44(33-51(43)72-52(64)34-45)58(82)71-48-32-46-37-75(30-25-49(46)69-35-48)36-40-13-17-42(18-14-40)57(81)66-27-28-68-63(87)88-38-41-15-21-47(22-16-41)70-59(83)50(11-10-26-67-62(65)86)73-60(84)56(39(3)4)74-53(78)12-8-7-9-29-77-54(79)23-24-55(77)80/h13-24,31-33,35,39,50,56H,5-12,25-30,34,36-38H2,1-4H3,(H2,64,72)(H,66,81)(H,68,87)(H,70,83)(H,71,82)(H,73,84)(H,74,78)(H3,65,67,86)/t50-,56-/m0/s1. The predicted molar refractivity (Wildman–Crippen MR) is 330 cm³/mol. The Morgan fingerprint density at radius 3 is 2.15 bits per heavy atom. The van der Waals surface area contributed by atoms with Crippen LogP contribution in [-0.4, -0.2) is 143 Å². The molecule has 0 aliphatic carbocycles. The number of unbranched alkanes of at least 4 members (excludes halogenated alkanes) is 2.